The molecule has 106 valence electrons. The Morgan fingerprint density at radius 1 is 1.05 bits per heavy atom. The number of nitrogens with two attached hydrogens (primary N) is 1. The summed E-state index contributed by atoms with van der Waals surface area (Å²) in [4.78, 5) is 8.64. The minimum absolute atomic E-state index is 0.193. The molecule has 0 bridgehead atoms. The molecule has 0 fully saturated rings. The lowest BCUT2D eigenvalue weighted by Crippen LogP contribution is -2.17. The van der Waals surface area contributed by atoms with Gasteiger partial charge in [-0.25, -0.2) is 4.98 Å². The van der Waals surface area contributed by atoms with Gasteiger partial charge < -0.3 is 15.2 Å². The van der Waals surface area contributed by atoms with Crippen LogP contribution in [0.25, 0.3) is 0 Å². The predicted octanol–water partition coefficient (Wildman–Crippen LogP) is 3.16. The summed E-state index contributed by atoms with van der Waals surface area (Å²) in [6, 6.07) is 8.92. The van der Waals surface area contributed by atoms with Gasteiger partial charge in [-0.2, -0.15) is 4.98 Å². The van der Waals surface area contributed by atoms with E-state index in [9.17, 15) is 0 Å². The Morgan fingerprint density at radius 2 is 1.75 bits per heavy atom. The van der Waals surface area contributed by atoms with Gasteiger partial charge in [-0.05, 0) is 12.1 Å². The summed E-state index contributed by atoms with van der Waals surface area (Å²) >= 11 is 0. The molecule has 0 saturated heterocycles. The first-order valence-electron chi connectivity index (χ1n) is 6.35. The van der Waals surface area contributed by atoms with E-state index in [0.29, 0.717) is 23.3 Å². The number of methoxy groups -OCH3 is 1. The monoisotopic (exact) mass is 273 g/mol. The minimum atomic E-state index is -0.193. The highest BCUT2D eigenvalue weighted by molar-refractivity contribution is 5.39. The van der Waals surface area contributed by atoms with Crippen LogP contribution in [0.4, 0.5) is 5.82 Å². The Bertz CT molecular complexity index is 606. The smallest absolute Gasteiger partial charge is 0.224 e. The Hall–Kier alpha value is -2.30. The topological polar surface area (TPSA) is 70.3 Å². The number of rotatable bonds is 3. The van der Waals surface area contributed by atoms with E-state index in [1.54, 1.807) is 19.2 Å². The zero-order valence-electron chi connectivity index (χ0n) is 12.2. The van der Waals surface area contributed by atoms with Gasteiger partial charge in [0.15, 0.2) is 0 Å². The minimum Gasteiger partial charge on any atom is -0.497 e. The molecule has 0 saturated carbocycles. The van der Waals surface area contributed by atoms with Crippen molar-refractivity contribution in [2.75, 3.05) is 12.8 Å². The summed E-state index contributed by atoms with van der Waals surface area (Å²) in [6.45, 7) is 6.07. The van der Waals surface area contributed by atoms with Crippen LogP contribution < -0.4 is 15.2 Å². The van der Waals surface area contributed by atoms with E-state index in [1.807, 2.05) is 39.0 Å². The molecule has 1 heterocycles. The summed E-state index contributed by atoms with van der Waals surface area (Å²) in [5.74, 6) is 2.83. The van der Waals surface area contributed by atoms with Gasteiger partial charge in [0.25, 0.3) is 0 Å². The standard InChI is InChI=1S/C15H19N3O2/c1-15(2,3)14-17-12(16)9-13(18-14)20-11-7-5-6-10(8-11)19-4/h5-9H,1-4H3,(H2,16,17,18). The molecule has 2 aromatic rings. The number of ether oxygens (including phenoxy) is 2. The lowest BCUT2D eigenvalue weighted by Gasteiger charge is -2.17. The number of hydrogen-bond acceptors (Lipinski definition) is 5. The molecule has 20 heavy (non-hydrogen) atoms. The van der Waals surface area contributed by atoms with Crippen molar-refractivity contribution in [1.82, 2.24) is 9.97 Å². The van der Waals surface area contributed by atoms with Crippen molar-refractivity contribution in [3.05, 3.63) is 36.2 Å². The maximum Gasteiger partial charge on any atom is 0.224 e. The lowest BCUT2D eigenvalue weighted by molar-refractivity contribution is 0.406. The van der Waals surface area contributed by atoms with Crippen molar-refractivity contribution in [3.8, 4) is 17.4 Å². The molecule has 2 N–H and O–H groups in total. The fourth-order valence-corrected chi connectivity index (χ4v) is 1.62. The second-order valence-corrected chi connectivity index (χ2v) is 5.49. The molecular formula is C15H19N3O2. The Morgan fingerprint density at radius 3 is 2.40 bits per heavy atom. The molecule has 0 unspecified atom stereocenters. The zero-order chi connectivity index (χ0) is 14.8. The predicted molar refractivity (Wildman–Crippen MR) is 78.2 cm³/mol. The van der Waals surface area contributed by atoms with Crippen LogP contribution >= 0.6 is 0 Å². The molecule has 0 aliphatic carbocycles. The van der Waals surface area contributed by atoms with E-state index < -0.39 is 0 Å². The highest BCUT2D eigenvalue weighted by atomic mass is 16.5. The van der Waals surface area contributed by atoms with Crippen LogP contribution in [-0.4, -0.2) is 17.1 Å². The Labute approximate surface area is 118 Å². The molecule has 0 aliphatic rings. The fraction of sp³-hybridized carbons (Fsp3) is 0.333. The number of anilines is 1. The van der Waals surface area contributed by atoms with E-state index >= 15 is 0 Å². The third kappa shape index (κ3) is 3.38. The number of aromatic nitrogens is 2. The molecule has 0 aliphatic heterocycles. The first kappa shape index (κ1) is 14.1. The van der Waals surface area contributed by atoms with E-state index in [0.717, 1.165) is 5.75 Å². The highest BCUT2D eigenvalue weighted by Crippen LogP contribution is 2.27. The van der Waals surface area contributed by atoms with Gasteiger partial charge >= 0.3 is 0 Å². The van der Waals surface area contributed by atoms with Crippen molar-refractivity contribution < 1.29 is 9.47 Å². The molecule has 0 atom stereocenters. The summed E-state index contributed by atoms with van der Waals surface area (Å²) in [5, 5.41) is 0. The summed E-state index contributed by atoms with van der Waals surface area (Å²) < 4.78 is 10.9. The molecule has 5 nitrogen and oxygen atoms in total. The molecule has 2 rings (SSSR count). The second kappa shape index (κ2) is 5.36. The number of hydrogen-bond donors (Lipinski definition) is 1. The zero-order valence-corrected chi connectivity index (χ0v) is 12.2. The highest BCUT2D eigenvalue weighted by Gasteiger charge is 2.19. The van der Waals surface area contributed by atoms with Gasteiger partial charge in [0, 0.05) is 17.5 Å². The molecule has 0 spiro atoms. The molecule has 0 amide bonds. The van der Waals surface area contributed by atoms with Crippen LogP contribution in [0.1, 0.15) is 26.6 Å². The molecule has 1 aromatic heterocycles. The number of nitrogen functional groups attached to an aromatic ring is 1. The van der Waals surface area contributed by atoms with Gasteiger partial charge in [-0.3, -0.25) is 0 Å². The summed E-state index contributed by atoms with van der Waals surface area (Å²) in [7, 11) is 1.61. The maximum atomic E-state index is 5.81. The van der Waals surface area contributed by atoms with Crippen LogP contribution in [0.3, 0.4) is 0 Å². The van der Waals surface area contributed by atoms with Crippen molar-refractivity contribution >= 4 is 5.82 Å². The average Bonchev–Trinajstić information content (AvgIpc) is 2.37. The third-order valence-corrected chi connectivity index (χ3v) is 2.66. The number of benzene rings is 1. The van der Waals surface area contributed by atoms with Crippen LogP contribution in [0.5, 0.6) is 17.4 Å². The third-order valence-electron chi connectivity index (χ3n) is 2.66. The molecule has 1 aromatic carbocycles. The first-order valence-corrected chi connectivity index (χ1v) is 6.35. The maximum absolute atomic E-state index is 5.81. The van der Waals surface area contributed by atoms with Crippen LogP contribution in [0, 0.1) is 0 Å². The van der Waals surface area contributed by atoms with Gasteiger partial charge in [-0.15, -0.1) is 0 Å². The Kier molecular flexibility index (Phi) is 3.79. The second-order valence-electron chi connectivity index (χ2n) is 5.49. The van der Waals surface area contributed by atoms with E-state index in [-0.39, 0.29) is 5.41 Å². The van der Waals surface area contributed by atoms with Crippen LogP contribution in [0.2, 0.25) is 0 Å². The van der Waals surface area contributed by atoms with Gasteiger partial charge in [-0.1, -0.05) is 26.8 Å². The SMILES string of the molecule is COc1cccc(Oc2cc(N)nc(C(C)(C)C)n2)c1. The normalized spacial score (nSPS) is 11.2. The summed E-state index contributed by atoms with van der Waals surface area (Å²) in [6.07, 6.45) is 0. The molecule has 0 radical (unpaired) electrons. The Balaban J connectivity index is 2.31. The van der Waals surface area contributed by atoms with Crippen molar-refractivity contribution in [2.24, 2.45) is 0 Å². The first-order chi connectivity index (χ1) is 9.38. The number of nitrogens with zero attached hydrogens (tertiary/aromatic N) is 2. The van der Waals surface area contributed by atoms with Crippen molar-refractivity contribution in [3.63, 3.8) is 0 Å². The van der Waals surface area contributed by atoms with E-state index in [1.165, 1.54) is 0 Å². The van der Waals surface area contributed by atoms with Gasteiger partial charge in [0.2, 0.25) is 5.88 Å². The lowest BCUT2D eigenvalue weighted by atomic mass is 9.96. The van der Waals surface area contributed by atoms with Crippen LogP contribution in [-0.2, 0) is 5.41 Å². The average molecular weight is 273 g/mol. The van der Waals surface area contributed by atoms with E-state index in [4.69, 9.17) is 15.2 Å². The molecule has 5 heteroatoms. The van der Waals surface area contributed by atoms with E-state index in [2.05, 4.69) is 9.97 Å². The fourth-order valence-electron chi connectivity index (χ4n) is 1.62. The largest absolute Gasteiger partial charge is 0.497 e. The van der Waals surface area contributed by atoms with Crippen molar-refractivity contribution in [2.45, 2.75) is 26.2 Å². The summed E-state index contributed by atoms with van der Waals surface area (Å²) in [5.41, 5.74) is 5.62. The van der Waals surface area contributed by atoms with Crippen LogP contribution in [0.15, 0.2) is 30.3 Å². The molecular weight excluding hydrogens is 254 g/mol. The van der Waals surface area contributed by atoms with Gasteiger partial charge in [0.05, 0.1) is 7.11 Å². The van der Waals surface area contributed by atoms with Crippen molar-refractivity contribution in [1.29, 1.82) is 0 Å². The van der Waals surface area contributed by atoms with Gasteiger partial charge in [0.1, 0.15) is 23.1 Å². The quantitative estimate of drug-likeness (QED) is 0.930.